The monoisotopic (exact) mass is 903 g/mol. The van der Waals surface area contributed by atoms with E-state index in [1.54, 1.807) is 12.3 Å². The van der Waals surface area contributed by atoms with Gasteiger partial charge in [0.25, 0.3) is 0 Å². The van der Waals surface area contributed by atoms with E-state index < -0.39 is 120 Å². The molecule has 4 aliphatic heterocycles. The molecule has 0 radical (unpaired) electrons. The van der Waals surface area contributed by atoms with Gasteiger partial charge in [0, 0.05) is 60.0 Å². The van der Waals surface area contributed by atoms with E-state index in [2.05, 4.69) is 10.6 Å². The molecule has 64 heavy (non-hydrogen) atoms. The van der Waals surface area contributed by atoms with Gasteiger partial charge >= 0.3 is 11.9 Å². The van der Waals surface area contributed by atoms with Crippen molar-refractivity contribution in [1.29, 1.82) is 0 Å². The lowest BCUT2D eigenvalue weighted by molar-refractivity contribution is -0.377. The number of hydrogen-bond acceptors (Lipinski definition) is 22. The number of aliphatic hydroxyl groups excluding tert-OH is 6. The molecule has 0 saturated carbocycles. The highest BCUT2D eigenvalue weighted by molar-refractivity contribution is 5.89. The summed E-state index contributed by atoms with van der Waals surface area (Å²) < 4.78 is 28.9. The summed E-state index contributed by atoms with van der Waals surface area (Å²) in [5.74, 6) is -14.4. The highest BCUT2D eigenvalue weighted by Gasteiger charge is 2.64. The van der Waals surface area contributed by atoms with Crippen LogP contribution in [-0.2, 0) is 30.2 Å². The summed E-state index contributed by atoms with van der Waals surface area (Å²) in [7, 11) is 1.51. The third-order valence-electron chi connectivity index (χ3n) is 12.1. The molecule has 1 unspecified atom stereocenters. The number of allylic oxidation sites excluding steroid dienone is 2. The molecule has 4 aliphatic rings. The lowest BCUT2D eigenvalue weighted by Crippen LogP contribution is -2.72. The number of rotatable bonds is 10. The van der Waals surface area contributed by atoms with Gasteiger partial charge in [0.05, 0.1) is 6.17 Å². The maximum Gasteiger partial charge on any atom is 0.340 e. The molecule has 0 bridgehead atoms. The van der Waals surface area contributed by atoms with Gasteiger partial charge in [0.15, 0.2) is 23.0 Å². The number of fused-ring (bicyclic) bond motifs is 2. The van der Waals surface area contributed by atoms with Crippen molar-refractivity contribution < 1.29 is 94.2 Å². The van der Waals surface area contributed by atoms with E-state index in [4.69, 9.17) is 29.1 Å². The van der Waals surface area contributed by atoms with Crippen molar-refractivity contribution in [3.63, 3.8) is 0 Å². The Hall–Kier alpha value is -5.41. The minimum Gasteiger partial charge on any atom is -0.507 e. The van der Waals surface area contributed by atoms with Crippen LogP contribution in [0.5, 0.6) is 23.0 Å². The number of phenols is 3. The Kier molecular flexibility index (Phi) is 12.8. The highest BCUT2D eigenvalue weighted by Crippen LogP contribution is 2.54. The van der Waals surface area contributed by atoms with Crippen LogP contribution in [0.2, 0.25) is 0 Å². The zero-order valence-electron chi connectivity index (χ0n) is 34.1. The molecule has 0 amide bonds. The third-order valence-corrected chi connectivity index (χ3v) is 12.1. The van der Waals surface area contributed by atoms with Crippen LogP contribution in [0.4, 0.5) is 0 Å². The maximum atomic E-state index is 14.0. The second kappa shape index (κ2) is 17.5. The van der Waals surface area contributed by atoms with Gasteiger partial charge in [0.1, 0.15) is 58.7 Å². The zero-order chi connectivity index (χ0) is 46.7. The van der Waals surface area contributed by atoms with Gasteiger partial charge in [-0.2, -0.15) is 0 Å². The number of aromatic hydroxyl groups is 3. The highest BCUT2D eigenvalue weighted by atomic mass is 16.8. The van der Waals surface area contributed by atoms with Crippen molar-refractivity contribution in [2.24, 2.45) is 11.7 Å². The molecule has 16 N–H and O–H groups in total. The minimum atomic E-state index is -3.57. The Morgan fingerprint density at radius 3 is 2.38 bits per heavy atom. The molecule has 5 heterocycles. The van der Waals surface area contributed by atoms with E-state index in [1.807, 2.05) is 6.92 Å². The molecule has 12 atom stereocenters. The predicted octanol–water partition coefficient (Wildman–Crippen LogP) is -3.15. The van der Waals surface area contributed by atoms with Crippen molar-refractivity contribution in [3.8, 4) is 34.3 Å². The molecule has 23 nitrogen and oxygen atoms in total. The number of carboxylic acid groups (broad SMARTS) is 1. The number of phenolic OH excluding ortho intramolecular Hbond substituents is 3. The molecule has 2 aromatic carbocycles. The van der Waals surface area contributed by atoms with Crippen molar-refractivity contribution in [3.05, 3.63) is 69.0 Å². The van der Waals surface area contributed by atoms with Crippen molar-refractivity contribution in [2.45, 2.75) is 98.9 Å². The summed E-state index contributed by atoms with van der Waals surface area (Å²) in [5, 5.41) is 134. The van der Waals surface area contributed by atoms with Gasteiger partial charge < -0.3 is 101 Å². The smallest absolute Gasteiger partial charge is 0.340 e. The Morgan fingerprint density at radius 2 is 1.72 bits per heavy atom. The number of aliphatic carboxylic acids is 1. The minimum absolute atomic E-state index is 0.0623. The number of carbonyl (C=O) groups is 2. The van der Waals surface area contributed by atoms with Crippen LogP contribution in [0.25, 0.3) is 22.3 Å². The SMILES string of the molecule is CCC1=CC([C@@H]2C[C@@H](CNC)[C@]3(Oc4cc5oc(-c6cc(O)c(O)c(CCO)c6)cc(=O)c5c(O)c42)O[C@H](C(=O)O[C@H]2O[C@H](C(=O)O)C(O)(O)[C@H](O)[C@H]2O)[C@@H](O)[C@H](O)[C@H]3O)=CNC1N. The Labute approximate surface area is 361 Å². The quantitative estimate of drug-likeness (QED) is 0.0543. The molecule has 2 fully saturated rings. The molecule has 348 valence electrons. The van der Waals surface area contributed by atoms with Crippen molar-refractivity contribution in [1.82, 2.24) is 10.6 Å². The fraction of sp³-hybridized carbons (Fsp3) is 0.488. The largest absolute Gasteiger partial charge is 0.507 e. The van der Waals surface area contributed by atoms with E-state index in [0.29, 0.717) is 12.0 Å². The van der Waals surface area contributed by atoms with E-state index >= 15 is 0 Å². The van der Waals surface area contributed by atoms with Crippen LogP contribution in [0.3, 0.4) is 0 Å². The number of hydrogen-bond donors (Lipinski definition) is 15. The van der Waals surface area contributed by atoms with Crippen molar-refractivity contribution >= 4 is 22.9 Å². The van der Waals surface area contributed by atoms with Gasteiger partial charge in [-0.3, -0.25) is 4.79 Å². The number of ether oxygens (including phenoxy) is 4. The molecule has 0 aliphatic carbocycles. The summed E-state index contributed by atoms with van der Waals surface area (Å²) in [5.41, 5.74) is 6.50. The van der Waals surface area contributed by atoms with Crippen LogP contribution in [-0.4, -0.2) is 160 Å². The number of dihydropyridines is 1. The topological polar surface area (TPSA) is 394 Å². The van der Waals surface area contributed by atoms with E-state index in [-0.39, 0.29) is 58.6 Å². The van der Waals surface area contributed by atoms with E-state index in [1.165, 1.54) is 19.2 Å². The number of nitrogens with two attached hydrogens (primary N) is 1. The van der Waals surface area contributed by atoms with Crippen LogP contribution in [0, 0.1) is 5.92 Å². The Balaban J connectivity index is 1.39. The molecule has 1 spiro atoms. The average molecular weight is 904 g/mol. The molecular formula is C41H49N3O20. The number of carbonyl (C=O) groups excluding carboxylic acids is 1. The Bertz CT molecular complexity index is 2440. The third kappa shape index (κ3) is 7.81. The summed E-state index contributed by atoms with van der Waals surface area (Å²) >= 11 is 0. The second-order valence-corrected chi connectivity index (χ2v) is 16.0. The second-order valence-electron chi connectivity index (χ2n) is 16.0. The number of aliphatic hydroxyl groups is 8. The summed E-state index contributed by atoms with van der Waals surface area (Å²) in [6.45, 7) is 1.30. The first-order valence-electron chi connectivity index (χ1n) is 20.1. The lowest BCUT2D eigenvalue weighted by atomic mass is 9.76. The van der Waals surface area contributed by atoms with Crippen LogP contribution in [0.15, 0.2) is 56.9 Å². The first-order chi connectivity index (χ1) is 30.2. The van der Waals surface area contributed by atoms with Gasteiger partial charge in [-0.25, -0.2) is 9.59 Å². The summed E-state index contributed by atoms with van der Waals surface area (Å²) in [6, 6.07) is 4.66. The number of carboxylic acids is 1. The van der Waals surface area contributed by atoms with Gasteiger partial charge in [-0.1, -0.05) is 13.0 Å². The number of nitrogens with one attached hydrogen (secondary N) is 2. The molecule has 23 heteroatoms. The fourth-order valence-electron chi connectivity index (χ4n) is 8.69. The fourth-order valence-corrected chi connectivity index (χ4v) is 8.69. The maximum absolute atomic E-state index is 14.0. The number of esters is 1. The first-order valence-corrected chi connectivity index (χ1v) is 20.1. The Morgan fingerprint density at radius 1 is 1.00 bits per heavy atom. The summed E-state index contributed by atoms with van der Waals surface area (Å²) in [4.78, 5) is 39.7. The molecule has 2 saturated heterocycles. The molecule has 7 rings (SSSR count). The van der Waals surface area contributed by atoms with Gasteiger partial charge in [-0.05, 0) is 49.6 Å². The van der Waals surface area contributed by atoms with Crippen LogP contribution >= 0.6 is 0 Å². The van der Waals surface area contributed by atoms with Gasteiger partial charge in [0.2, 0.25) is 24.0 Å². The number of benzene rings is 2. The summed E-state index contributed by atoms with van der Waals surface area (Å²) in [6.07, 6.45) is -16.6. The van der Waals surface area contributed by atoms with E-state index in [0.717, 1.165) is 17.7 Å². The normalized spacial score (nSPS) is 32.4. The predicted molar refractivity (Wildman–Crippen MR) is 214 cm³/mol. The lowest BCUT2D eigenvalue weighted by Gasteiger charge is -2.50. The molecular weight excluding hydrogens is 854 g/mol. The molecule has 3 aromatic rings. The van der Waals surface area contributed by atoms with E-state index in [9.17, 15) is 75.7 Å². The van der Waals surface area contributed by atoms with Gasteiger partial charge in [-0.15, -0.1) is 0 Å². The average Bonchev–Trinajstić information content (AvgIpc) is 3.38. The van der Waals surface area contributed by atoms with Crippen LogP contribution in [0.1, 0.15) is 36.8 Å². The van der Waals surface area contributed by atoms with Crippen LogP contribution < -0.4 is 26.5 Å². The standard InChI is InChI=1S/C41H49N3O20/c1-3-14-6-17(12-44-36(14)42)19-9-18(13-43-2)41(34(54)30(51)29(50)32(64-41)38(57)62-39-31(52)33(53)40(58,59)35(61-39)37(55)56)63-24-11-23-26(28(49)25(19)24)20(46)10-22(60-23)16-7-15(4-5-45)27(48)21(47)8-16/h6-8,10-12,18-19,29-36,39,43-45,47-54,58-59H,3-5,9,13,42H2,1-2H3,(H,55,56)/t18-,19-,29-,30-,31+,32-,33+,34+,35+,36?,39+,41-/m0/s1. The van der Waals surface area contributed by atoms with Crippen molar-refractivity contribution in [2.75, 3.05) is 20.2 Å². The first kappa shape index (κ1) is 46.6. The zero-order valence-corrected chi connectivity index (χ0v) is 34.1. The molecule has 1 aromatic heterocycles.